The first-order valence-corrected chi connectivity index (χ1v) is 11.6. The highest BCUT2D eigenvalue weighted by atomic mass is 16.2. The molecule has 3 heterocycles. The van der Waals surface area contributed by atoms with Crippen LogP contribution in [0.1, 0.15) is 48.0 Å². The van der Waals surface area contributed by atoms with Crippen molar-refractivity contribution in [1.82, 2.24) is 19.8 Å². The number of fused-ring (bicyclic) bond motifs is 3. The number of nitrogens with two attached hydrogens (primary N) is 1. The lowest BCUT2D eigenvalue weighted by atomic mass is 10.0. The Morgan fingerprint density at radius 1 is 1.03 bits per heavy atom. The predicted octanol–water partition coefficient (Wildman–Crippen LogP) is 3.12. The van der Waals surface area contributed by atoms with Crippen molar-refractivity contribution < 1.29 is 9.59 Å². The standard InChI is InChI=1S/C25H33N5O2/c1-29-11-13-30(14-12-29)24(32)9-8-23(31)19-6-7-22-20(16-19)21-15-18(5-3-2-4-10-26)17-27-25(21)28-22/h6-7,15-17H,2-5,8-14,26H2,1H3,(H,27,28). The lowest BCUT2D eigenvalue weighted by Crippen LogP contribution is -2.47. The van der Waals surface area contributed by atoms with E-state index in [0.29, 0.717) is 5.56 Å². The summed E-state index contributed by atoms with van der Waals surface area (Å²) in [5, 5.41) is 2.05. The van der Waals surface area contributed by atoms with E-state index in [9.17, 15) is 9.59 Å². The summed E-state index contributed by atoms with van der Waals surface area (Å²) in [6, 6.07) is 7.90. The van der Waals surface area contributed by atoms with Crippen LogP contribution >= 0.6 is 0 Å². The Bertz CT molecular complexity index is 1100. The van der Waals surface area contributed by atoms with E-state index in [1.54, 1.807) is 0 Å². The zero-order chi connectivity index (χ0) is 22.5. The minimum Gasteiger partial charge on any atom is -0.340 e. The maximum absolute atomic E-state index is 12.8. The van der Waals surface area contributed by atoms with Gasteiger partial charge in [-0.15, -0.1) is 0 Å². The summed E-state index contributed by atoms with van der Waals surface area (Å²) in [5.41, 5.74) is 9.24. The minimum absolute atomic E-state index is 0.00891. The summed E-state index contributed by atoms with van der Waals surface area (Å²) in [5.74, 6) is 0.0812. The molecule has 3 N–H and O–H groups in total. The van der Waals surface area contributed by atoms with E-state index in [-0.39, 0.29) is 24.5 Å². The fourth-order valence-electron chi connectivity index (χ4n) is 4.36. The number of aryl methyl sites for hydroxylation is 1. The highest BCUT2D eigenvalue weighted by Gasteiger charge is 2.20. The molecular formula is C25H33N5O2. The number of likely N-dealkylation sites (N-methyl/N-ethyl adjacent to an activating group) is 1. The molecule has 0 unspecified atom stereocenters. The number of carbonyl (C=O) groups excluding carboxylic acids is 2. The molecule has 0 bridgehead atoms. The van der Waals surface area contributed by atoms with Gasteiger partial charge in [-0.25, -0.2) is 4.98 Å². The number of hydrogen-bond donors (Lipinski definition) is 2. The lowest BCUT2D eigenvalue weighted by Gasteiger charge is -2.32. The van der Waals surface area contributed by atoms with Gasteiger partial charge in [0, 0.05) is 67.1 Å². The third kappa shape index (κ3) is 5.16. The monoisotopic (exact) mass is 435 g/mol. The molecule has 0 aliphatic carbocycles. The van der Waals surface area contributed by atoms with Crippen LogP contribution in [-0.4, -0.2) is 71.2 Å². The second kappa shape index (κ2) is 10.2. The molecule has 7 heteroatoms. The van der Waals surface area contributed by atoms with Crippen LogP contribution in [0.4, 0.5) is 0 Å². The van der Waals surface area contributed by atoms with Crippen LogP contribution in [0.25, 0.3) is 21.9 Å². The first-order valence-electron chi connectivity index (χ1n) is 11.6. The molecule has 7 nitrogen and oxygen atoms in total. The van der Waals surface area contributed by atoms with Gasteiger partial charge in [0.25, 0.3) is 0 Å². The number of aromatic amines is 1. The molecule has 1 amide bonds. The predicted molar refractivity (Wildman–Crippen MR) is 128 cm³/mol. The second-order valence-corrected chi connectivity index (χ2v) is 8.83. The zero-order valence-corrected chi connectivity index (χ0v) is 18.9. The van der Waals surface area contributed by atoms with Crippen LogP contribution in [0.15, 0.2) is 30.5 Å². The largest absolute Gasteiger partial charge is 0.340 e. The summed E-state index contributed by atoms with van der Waals surface area (Å²) < 4.78 is 0. The Labute approximate surface area is 189 Å². The topological polar surface area (TPSA) is 95.3 Å². The van der Waals surface area contributed by atoms with E-state index < -0.39 is 0 Å². The maximum atomic E-state index is 12.8. The van der Waals surface area contributed by atoms with Gasteiger partial charge >= 0.3 is 0 Å². The number of unbranched alkanes of at least 4 members (excludes halogenated alkanes) is 2. The first-order chi connectivity index (χ1) is 15.5. The van der Waals surface area contributed by atoms with Gasteiger partial charge < -0.3 is 20.5 Å². The number of amides is 1. The van der Waals surface area contributed by atoms with Crippen molar-refractivity contribution in [2.24, 2.45) is 5.73 Å². The lowest BCUT2D eigenvalue weighted by molar-refractivity contribution is -0.132. The fourth-order valence-corrected chi connectivity index (χ4v) is 4.36. The molecule has 1 fully saturated rings. The van der Waals surface area contributed by atoms with Crippen molar-refractivity contribution in [3.05, 3.63) is 41.6 Å². The number of benzene rings is 1. The Morgan fingerprint density at radius 3 is 2.62 bits per heavy atom. The molecule has 0 saturated carbocycles. The van der Waals surface area contributed by atoms with Crippen molar-refractivity contribution in [3.63, 3.8) is 0 Å². The van der Waals surface area contributed by atoms with Crippen molar-refractivity contribution in [2.75, 3.05) is 39.8 Å². The fraction of sp³-hybridized carbons (Fsp3) is 0.480. The number of hydrogen-bond acceptors (Lipinski definition) is 5. The van der Waals surface area contributed by atoms with Crippen molar-refractivity contribution in [2.45, 2.75) is 38.5 Å². The quantitative estimate of drug-likeness (QED) is 0.398. The number of nitrogens with zero attached hydrogens (tertiary/aromatic N) is 3. The highest BCUT2D eigenvalue weighted by molar-refractivity contribution is 6.09. The summed E-state index contributed by atoms with van der Waals surface area (Å²) in [4.78, 5) is 37.3. The number of Topliss-reactive ketones (excluding diaryl/α,β-unsaturated/α-hetero) is 1. The van der Waals surface area contributed by atoms with Crippen LogP contribution in [-0.2, 0) is 11.2 Å². The molecule has 170 valence electrons. The number of piperazine rings is 1. The van der Waals surface area contributed by atoms with Gasteiger partial charge in [0.1, 0.15) is 5.65 Å². The third-order valence-electron chi connectivity index (χ3n) is 6.42. The van der Waals surface area contributed by atoms with Gasteiger partial charge in [0.2, 0.25) is 5.91 Å². The molecule has 32 heavy (non-hydrogen) atoms. The minimum atomic E-state index is 0.00891. The first kappa shape index (κ1) is 22.4. The number of ketones is 1. The smallest absolute Gasteiger partial charge is 0.223 e. The molecule has 1 aliphatic heterocycles. The molecule has 0 spiro atoms. The van der Waals surface area contributed by atoms with Crippen LogP contribution < -0.4 is 5.73 Å². The summed E-state index contributed by atoms with van der Waals surface area (Å²) in [6.07, 6.45) is 6.67. The molecule has 1 aromatic carbocycles. The van der Waals surface area contributed by atoms with Crippen molar-refractivity contribution in [1.29, 1.82) is 0 Å². The molecule has 0 radical (unpaired) electrons. The Balaban J connectivity index is 1.44. The molecule has 1 saturated heterocycles. The summed E-state index contributed by atoms with van der Waals surface area (Å²) >= 11 is 0. The van der Waals surface area contributed by atoms with Gasteiger partial charge in [-0.05, 0) is 62.7 Å². The molecule has 4 rings (SSSR count). The van der Waals surface area contributed by atoms with Crippen LogP contribution in [0, 0.1) is 0 Å². The van der Waals surface area contributed by atoms with E-state index >= 15 is 0 Å². The van der Waals surface area contributed by atoms with E-state index in [1.807, 2.05) is 29.3 Å². The number of rotatable bonds is 9. The van der Waals surface area contributed by atoms with E-state index in [1.165, 1.54) is 5.56 Å². The van der Waals surface area contributed by atoms with Gasteiger partial charge in [0.05, 0.1) is 0 Å². The average molecular weight is 436 g/mol. The van der Waals surface area contributed by atoms with Crippen LogP contribution in [0.2, 0.25) is 0 Å². The summed E-state index contributed by atoms with van der Waals surface area (Å²) in [6.45, 7) is 4.00. The Morgan fingerprint density at radius 2 is 1.84 bits per heavy atom. The normalized spacial score (nSPS) is 15.0. The van der Waals surface area contributed by atoms with Crippen molar-refractivity contribution >= 4 is 33.6 Å². The molecule has 0 atom stereocenters. The molecule has 3 aromatic rings. The average Bonchev–Trinajstić information content (AvgIpc) is 3.17. The van der Waals surface area contributed by atoms with Crippen LogP contribution in [0.3, 0.4) is 0 Å². The number of pyridine rings is 1. The maximum Gasteiger partial charge on any atom is 0.223 e. The van der Waals surface area contributed by atoms with E-state index in [4.69, 9.17) is 5.73 Å². The number of nitrogens with one attached hydrogen (secondary N) is 1. The number of aromatic nitrogens is 2. The van der Waals surface area contributed by atoms with Gasteiger partial charge in [-0.1, -0.05) is 6.42 Å². The van der Waals surface area contributed by atoms with Gasteiger partial charge in [0.15, 0.2) is 5.78 Å². The van der Waals surface area contributed by atoms with Crippen molar-refractivity contribution in [3.8, 4) is 0 Å². The van der Waals surface area contributed by atoms with Gasteiger partial charge in [-0.2, -0.15) is 0 Å². The SMILES string of the molecule is CN1CCN(C(=O)CCC(=O)c2ccc3[nH]c4ncc(CCCCCN)cc4c3c2)CC1. The molecular weight excluding hydrogens is 402 g/mol. The van der Waals surface area contributed by atoms with E-state index in [0.717, 1.165) is 80.3 Å². The van der Waals surface area contributed by atoms with Gasteiger partial charge in [-0.3, -0.25) is 9.59 Å². The Hall–Kier alpha value is -2.77. The molecule has 1 aliphatic rings. The third-order valence-corrected chi connectivity index (χ3v) is 6.42. The number of carbonyl (C=O) groups is 2. The Kier molecular flexibility index (Phi) is 7.17. The summed E-state index contributed by atoms with van der Waals surface area (Å²) in [7, 11) is 2.06. The van der Waals surface area contributed by atoms with Crippen LogP contribution in [0.5, 0.6) is 0 Å². The zero-order valence-electron chi connectivity index (χ0n) is 18.9. The second-order valence-electron chi connectivity index (χ2n) is 8.83. The van der Waals surface area contributed by atoms with E-state index in [2.05, 4.69) is 28.0 Å². The number of H-pyrrole nitrogens is 1. The highest BCUT2D eigenvalue weighted by Crippen LogP contribution is 2.27. The molecule has 2 aromatic heterocycles.